The Labute approximate surface area is 106 Å². The molecule has 0 radical (unpaired) electrons. The van der Waals surface area contributed by atoms with E-state index in [1.807, 2.05) is 20.0 Å². The molecule has 0 spiro atoms. The smallest absolute Gasteiger partial charge is 0.278 e. The number of hydrogen-bond acceptors (Lipinski definition) is 2. The van der Waals surface area contributed by atoms with Gasteiger partial charge in [0.2, 0.25) is 0 Å². The highest BCUT2D eigenvalue weighted by molar-refractivity contribution is 5.44. The maximum absolute atomic E-state index is 12.5. The summed E-state index contributed by atoms with van der Waals surface area (Å²) in [7, 11) is 2.03. The molecule has 1 aliphatic carbocycles. The minimum atomic E-state index is 0.0396. The molecule has 1 aliphatic rings. The van der Waals surface area contributed by atoms with Crippen LogP contribution in [0.3, 0.4) is 0 Å². The van der Waals surface area contributed by atoms with E-state index in [-0.39, 0.29) is 5.56 Å². The second-order valence-electron chi connectivity index (χ2n) is 4.91. The number of hydrogen-bond donors (Lipinski definition) is 0. The SMILES string of the molecule is Cc1cc2n(C)c3c(c(=O)n2n1)C/C=C\CCC3. The molecule has 0 amide bonds. The Bertz CT molecular complexity index is 691. The van der Waals surface area contributed by atoms with Gasteiger partial charge in [-0.25, -0.2) is 0 Å². The van der Waals surface area contributed by atoms with Crippen LogP contribution in [0.1, 0.15) is 29.8 Å². The number of rotatable bonds is 0. The highest BCUT2D eigenvalue weighted by Gasteiger charge is 2.16. The lowest BCUT2D eigenvalue weighted by Crippen LogP contribution is -2.26. The molecule has 0 saturated carbocycles. The molecule has 0 N–H and O–H groups in total. The molecule has 0 aromatic carbocycles. The minimum Gasteiger partial charge on any atom is -0.333 e. The van der Waals surface area contributed by atoms with Crippen molar-refractivity contribution in [1.82, 2.24) is 14.2 Å². The van der Waals surface area contributed by atoms with E-state index in [1.165, 1.54) is 4.52 Å². The molecule has 0 unspecified atom stereocenters. The third-order valence-corrected chi connectivity index (χ3v) is 3.63. The van der Waals surface area contributed by atoms with Crippen LogP contribution in [0, 0.1) is 6.92 Å². The van der Waals surface area contributed by atoms with Gasteiger partial charge in [0.15, 0.2) is 0 Å². The summed E-state index contributed by atoms with van der Waals surface area (Å²) in [5.74, 6) is 0. The number of fused-ring (bicyclic) bond motifs is 2. The Morgan fingerprint density at radius 2 is 2.17 bits per heavy atom. The van der Waals surface area contributed by atoms with Crippen LogP contribution in [0.2, 0.25) is 0 Å². The van der Waals surface area contributed by atoms with Crippen molar-refractivity contribution in [2.75, 3.05) is 0 Å². The van der Waals surface area contributed by atoms with Crippen LogP contribution < -0.4 is 5.56 Å². The molecule has 18 heavy (non-hydrogen) atoms. The van der Waals surface area contributed by atoms with Gasteiger partial charge in [0.05, 0.1) is 5.69 Å². The first-order chi connectivity index (χ1) is 8.68. The highest BCUT2D eigenvalue weighted by Crippen LogP contribution is 2.16. The first kappa shape index (κ1) is 11.3. The normalized spacial score (nSPS) is 17.2. The van der Waals surface area contributed by atoms with E-state index in [9.17, 15) is 4.79 Å². The quantitative estimate of drug-likeness (QED) is 0.662. The average molecular weight is 243 g/mol. The first-order valence-corrected chi connectivity index (χ1v) is 6.40. The molecule has 0 aliphatic heterocycles. The molecular weight excluding hydrogens is 226 g/mol. The Kier molecular flexibility index (Phi) is 2.58. The van der Waals surface area contributed by atoms with Crippen molar-refractivity contribution in [3.8, 4) is 0 Å². The Hall–Kier alpha value is -1.84. The van der Waals surface area contributed by atoms with Gasteiger partial charge in [-0.3, -0.25) is 4.79 Å². The summed E-state index contributed by atoms with van der Waals surface area (Å²) in [6, 6.07) is 1.97. The van der Waals surface area contributed by atoms with Gasteiger partial charge in [-0.05, 0) is 32.6 Å². The standard InChI is InChI=1S/C14H17N3O/c1-10-9-13-16(2)12-8-6-4-3-5-7-11(12)14(18)17(13)15-10/h3,5,9H,4,6-8H2,1-2H3/b5-3-. The molecule has 0 atom stereocenters. The Balaban J connectivity index is 2.38. The van der Waals surface area contributed by atoms with E-state index < -0.39 is 0 Å². The lowest BCUT2D eigenvalue weighted by molar-refractivity contribution is 0.700. The molecule has 2 heterocycles. The van der Waals surface area contributed by atoms with Crippen molar-refractivity contribution in [2.24, 2.45) is 7.05 Å². The van der Waals surface area contributed by atoms with Crippen molar-refractivity contribution in [1.29, 1.82) is 0 Å². The zero-order valence-electron chi connectivity index (χ0n) is 10.8. The van der Waals surface area contributed by atoms with Crippen LogP contribution in [-0.4, -0.2) is 14.2 Å². The maximum atomic E-state index is 12.5. The van der Waals surface area contributed by atoms with Crippen molar-refractivity contribution < 1.29 is 0 Å². The zero-order valence-corrected chi connectivity index (χ0v) is 10.8. The Morgan fingerprint density at radius 3 is 3.00 bits per heavy atom. The number of nitrogens with zero attached hydrogens (tertiary/aromatic N) is 3. The van der Waals surface area contributed by atoms with Gasteiger partial charge >= 0.3 is 0 Å². The molecule has 2 aromatic rings. The molecule has 3 rings (SSSR count). The average Bonchev–Trinajstić information content (AvgIpc) is 2.69. The fraction of sp³-hybridized carbons (Fsp3) is 0.429. The van der Waals surface area contributed by atoms with E-state index in [4.69, 9.17) is 0 Å². The van der Waals surface area contributed by atoms with Gasteiger partial charge < -0.3 is 4.57 Å². The number of aryl methyl sites for hydroxylation is 2. The molecule has 4 nitrogen and oxygen atoms in total. The lowest BCUT2D eigenvalue weighted by Gasteiger charge is -2.16. The van der Waals surface area contributed by atoms with Gasteiger partial charge in [-0.15, -0.1) is 0 Å². The van der Waals surface area contributed by atoms with Crippen LogP contribution in [0.4, 0.5) is 0 Å². The second kappa shape index (κ2) is 4.12. The second-order valence-corrected chi connectivity index (χ2v) is 4.91. The summed E-state index contributed by atoms with van der Waals surface area (Å²) in [5.41, 5.74) is 3.87. The molecule has 0 saturated heterocycles. The number of allylic oxidation sites excluding steroid dienone is 2. The predicted molar refractivity (Wildman–Crippen MR) is 71.0 cm³/mol. The van der Waals surface area contributed by atoms with Crippen LogP contribution in [0.25, 0.3) is 5.65 Å². The summed E-state index contributed by atoms with van der Waals surface area (Å²) in [6.45, 7) is 1.92. The van der Waals surface area contributed by atoms with Gasteiger partial charge in [0.25, 0.3) is 5.56 Å². The Morgan fingerprint density at radius 1 is 1.33 bits per heavy atom. The molecule has 2 aromatic heterocycles. The summed E-state index contributed by atoms with van der Waals surface area (Å²) in [4.78, 5) is 12.5. The summed E-state index contributed by atoms with van der Waals surface area (Å²) in [6.07, 6.45) is 8.14. The molecule has 94 valence electrons. The lowest BCUT2D eigenvalue weighted by atomic mass is 10.0. The molecule has 4 heteroatoms. The topological polar surface area (TPSA) is 39.3 Å². The fourth-order valence-corrected chi connectivity index (χ4v) is 2.70. The van der Waals surface area contributed by atoms with Crippen LogP contribution in [0.5, 0.6) is 0 Å². The van der Waals surface area contributed by atoms with E-state index in [1.54, 1.807) is 0 Å². The summed E-state index contributed by atoms with van der Waals surface area (Å²) < 4.78 is 3.65. The maximum Gasteiger partial charge on any atom is 0.278 e. The first-order valence-electron chi connectivity index (χ1n) is 6.40. The molecule has 0 fully saturated rings. The largest absolute Gasteiger partial charge is 0.333 e. The van der Waals surface area contributed by atoms with Crippen molar-refractivity contribution in [3.05, 3.63) is 45.5 Å². The van der Waals surface area contributed by atoms with Crippen LogP contribution >= 0.6 is 0 Å². The fourth-order valence-electron chi connectivity index (χ4n) is 2.70. The summed E-state index contributed by atoms with van der Waals surface area (Å²) in [5, 5.41) is 4.29. The molecule has 0 bridgehead atoms. The van der Waals surface area contributed by atoms with E-state index in [2.05, 4.69) is 21.8 Å². The predicted octanol–water partition coefficient (Wildman–Crippen LogP) is 1.78. The van der Waals surface area contributed by atoms with E-state index >= 15 is 0 Å². The van der Waals surface area contributed by atoms with Crippen LogP contribution in [-0.2, 0) is 19.9 Å². The van der Waals surface area contributed by atoms with Crippen LogP contribution in [0.15, 0.2) is 23.0 Å². The third-order valence-electron chi connectivity index (χ3n) is 3.63. The highest BCUT2D eigenvalue weighted by atomic mass is 16.1. The third kappa shape index (κ3) is 1.60. The van der Waals surface area contributed by atoms with Gasteiger partial charge in [-0.1, -0.05) is 12.2 Å². The van der Waals surface area contributed by atoms with Gasteiger partial charge in [-0.2, -0.15) is 9.61 Å². The molecular formula is C14H17N3O. The van der Waals surface area contributed by atoms with Crippen molar-refractivity contribution in [2.45, 2.75) is 32.6 Å². The van der Waals surface area contributed by atoms with Gasteiger partial charge in [0.1, 0.15) is 5.65 Å². The van der Waals surface area contributed by atoms with E-state index in [0.717, 1.165) is 48.3 Å². The monoisotopic (exact) mass is 243 g/mol. The minimum absolute atomic E-state index is 0.0396. The van der Waals surface area contributed by atoms with E-state index in [0.29, 0.717) is 0 Å². The van der Waals surface area contributed by atoms with Gasteiger partial charge in [0, 0.05) is 24.4 Å². The number of aromatic nitrogens is 3. The van der Waals surface area contributed by atoms with Crippen molar-refractivity contribution in [3.63, 3.8) is 0 Å². The summed E-state index contributed by atoms with van der Waals surface area (Å²) >= 11 is 0. The zero-order chi connectivity index (χ0) is 12.7. The van der Waals surface area contributed by atoms with Crippen molar-refractivity contribution >= 4 is 5.65 Å².